The predicted octanol–water partition coefficient (Wildman–Crippen LogP) is 3.74. The molecule has 19 heavy (non-hydrogen) atoms. The van der Waals surface area contributed by atoms with Crippen LogP contribution in [0.4, 0.5) is 5.69 Å². The number of hydrogen-bond acceptors (Lipinski definition) is 3. The summed E-state index contributed by atoms with van der Waals surface area (Å²) in [5.41, 5.74) is 2.27. The first-order valence-electron chi connectivity index (χ1n) is 5.87. The molecule has 0 spiro atoms. The first-order chi connectivity index (χ1) is 9.22. The van der Waals surface area contributed by atoms with Gasteiger partial charge in [0.1, 0.15) is 0 Å². The minimum atomic E-state index is -0.337. The second-order valence-electron chi connectivity index (χ2n) is 3.98. The van der Waals surface area contributed by atoms with Crippen molar-refractivity contribution in [3.8, 4) is 0 Å². The number of hydrogen-bond donors (Lipinski definition) is 1. The number of halogens is 1. The Labute approximate surface area is 117 Å². The lowest BCUT2D eigenvalue weighted by atomic mass is 10.1. The van der Waals surface area contributed by atoms with Crippen LogP contribution in [0.1, 0.15) is 15.9 Å². The van der Waals surface area contributed by atoms with Gasteiger partial charge in [-0.15, -0.1) is 0 Å². The molecule has 98 valence electrons. The molecule has 0 aliphatic carbocycles. The molecule has 0 aliphatic heterocycles. The van der Waals surface area contributed by atoms with Crippen LogP contribution in [0.15, 0.2) is 48.5 Å². The lowest BCUT2D eigenvalue weighted by Gasteiger charge is -2.11. The molecule has 0 aliphatic rings. The molecule has 0 bridgehead atoms. The fourth-order valence-corrected chi connectivity index (χ4v) is 1.98. The number of nitrogens with one attached hydrogen (secondary N) is 1. The lowest BCUT2D eigenvalue weighted by Crippen LogP contribution is -2.09. The highest BCUT2D eigenvalue weighted by molar-refractivity contribution is 6.33. The van der Waals surface area contributed by atoms with E-state index in [0.717, 1.165) is 11.3 Å². The van der Waals surface area contributed by atoms with Crippen LogP contribution < -0.4 is 5.32 Å². The van der Waals surface area contributed by atoms with E-state index in [1.807, 2.05) is 42.5 Å². The summed E-state index contributed by atoms with van der Waals surface area (Å²) in [4.78, 5) is 11.6. The topological polar surface area (TPSA) is 38.3 Å². The van der Waals surface area contributed by atoms with Gasteiger partial charge in [-0.2, -0.15) is 0 Å². The van der Waals surface area contributed by atoms with E-state index >= 15 is 0 Å². The van der Waals surface area contributed by atoms with E-state index in [4.69, 9.17) is 16.3 Å². The summed E-state index contributed by atoms with van der Waals surface area (Å²) >= 11 is 6.07. The molecule has 0 heterocycles. The maximum atomic E-state index is 11.6. The molecule has 0 radical (unpaired) electrons. The zero-order valence-electron chi connectivity index (χ0n) is 10.5. The van der Waals surface area contributed by atoms with Gasteiger partial charge in [-0.25, -0.2) is 4.79 Å². The van der Waals surface area contributed by atoms with Gasteiger partial charge in [0.15, 0.2) is 0 Å². The third kappa shape index (κ3) is 3.26. The Balaban J connectivity index is 2.16. The standard InChI is InChI=1S/C15H14ClNO2/c1-19-15(18)12-7-3-2-6-11(12)10-17-14-9-5-4-8-13(14)16/h2-9,17H,10H2,1H3. The van der Waals surface area contributed by atoms with Crippen LogP contribution in [0.3, 0.4) is 0 Å². The molecule has 0 fully saturated rings. The highest BCUT2D eigenvalue weighted by Crippen LogP contribution is 2.21. The van der Waals surface area contributed by atoms with E-state index in [-0.39, 0.29) is 5.97 Å². The van der Waals surface area contributed by atoms with E-state index < -0.39 is 0 Å². The smallest absolute Gasteiger partial charge is 0.338 e. The number of esters is 1. The number of benzene rings is 2. The zero-order valence-corrected chi connectivity index (χ0v) is 11.3. The molecule has 0 amide bonds. The first kappa shape index (κ1) is 13.4. The quantitative estimate of drug-likeness (QED) is 0.864. The largest absolute Gasteiger partial charge is 0.465 e. The molecule has 0 saturated carbocycles. The van der Waals surface area contributed by atoms with Crippen LogP contribution in [-0.2, 0) is 11.3 Å². The highest BCUT2D eigenvalue weighted by Gasteiger charge is 2.10. The van der Waals surface area contributed by atoms with Gasteiger partial charge in [-0.05, 0) is 23.8 Å². The van der Waals surface area contributed by atoms with Crippen molar-refractivity contribution in [3.63, 3.8) is 0 Å². The molecule has 0 unspecified atom stereocenters. The molecule has 2 aromatic carbocycles. The average molecular weight is 276 g/mol. The maximum Gasteiger partial charge on any atom is 0.338 e. The molecule has 4 heteroatoms. The van der Waals surface area contributed by atoms with Gasteiger partial charge in [0.2, 0.25) is 0 Å². The fraction of sp³-hybridized carbons (Fsp3) is 0.133. The number of ether oxygens (including phenoxy) is 1. The molecule has 1 N–H and O–H groups in total. The molecule has 2 aromatic rings. The summed E-state index contributed by atoms with van der Waals surface area (Å²) in [6, 6.07) is 14.8. The second-order valence-corrected chi connectivity index (χ2v) is 4.39. The van der Waals surface area contributed by atoms with E-state index in [2.05, 4.69) is 5.32 Å². The van der Waals surface area contributed by atoms with Crippen LogP contribution >= 0.6 is 11.6 Å². The molecule has 0 saturated heterocycles. The van der Waals surface area contributed by atoms with Crippen molar-refractivity contribution < 1.29 is 9.53 Å². The zero-order chi connectivity index (χ0) is 13.7. The Bertz CT molecular complexity index is 584. The molecule has 0 atom stereocenters. The van der Waals surface area contributed by atoms with Crippen LogP contribution in [0, 0.1) is 0 Å². The van der Waals surface area contributed by atoms with Crippen LogP contribution in [0.2, 0.25) is 5.02 Å². The van der Waals surface area contributed by atoms with Gasteiger partial charge in [0.05, 0.1) is 23.4 Å². The van der Waals surface area contributed by atoms with E-state index in [1.165, 1.54) is 7.11 Å². The lowest BCUT2D eigenvalue weighted by molar-refractivity contribution is 0.0599. The molecule has 3 nitrogen and oxygen atoms in total. The van der Waals surface area contributed by atoms with Crippen molar-refractivity contribution >= 4 is 23.3 Å². The van der Waals surface area contributed by atoms with Gasteiger partial charge in [-0.1, -0.05) is 41.9 Å². The van der Waals surface area contributed by atoms with Crippen molar-refractivity contribution in [2.24, 2.45) is 0 Å². The number of carbonyl (C=O) groups is 1. The number of carbonyl (C=O) groups excluding carboxylic acids is 1. The number of anilines is 1. The van der Waals surface area contributed by atoms with E-state index in [9.17, 15) is 4.79 Å². The maximum absolute atomic E-state index is 11.6. The predicted molar refractivity (Wildman–Crippen MR) is 76.6 cm³/mol. The molecular weight excluding hydrogens is 262 g/mol. The third-order valence-corrected chi connectivity index (χ3v) is 3.10. The number of methoxy groups -OCH3 is 1. The Kier molecular flexibility index (Phi) is 4.42. The molecule has 2 rings (SSSR count). The summed E-state index contributed by atoms with van der Waals surface area (Å²) in [6.45, 7) is 0.509. The monoisotopic (exact) mass is 275 g/mol. The van der Waals surface area contributed by atoms with Crippen molar-refractivity contribution in [2.45, 2.75) is 6.54 Å². The summed E-state index contributed by atoms with van der Waals surface area (Å²) in [5, 5.41) is 3.86. The minimum Gasteiger partial charge on any atom is -0.465 e. The Hall–Kier alpha value is -2.00. The van der Waals surface area contributed by atoms with E-state index in [0.29, 0.717) is 17.1 Å². The summed E-state index contributed by atoms with van der Waals surface area (Å²) < 4.78 is 4.76. The van der Waals surface area contributed by atoms with Crippen molar-refractivity contribution in [1.82, 2.24) is 0 Å². The molecule has 0 aromatic heterocycles. The van der Waals surface area contributed by atoms with E-state index in [1.54, 1.807) is 6.07 Å². The fourth-order valence-electron chi connectivity index (χ4n) is 1.78. The normalized spacial score (nSPS) is 10.0. The Morgan fingerprint density at radius 1 is 1.16 bits per heavy atom. The minimum absolute atomic E-state index is 0.337. The highest BCUT2D eigenvalue weighted by atomic mass is 35.5. The van der Waals surface area contributed by atoms with Gasteiger partial charge < -0.3 is 10.1 Å². The number of para-hydroxylation sites is 1. The first-order valence-corrected chi connectivity index (χ1v) is 6.25. The summed E-state index contributed by atoms with van der Waals surface area (Å²) in [5.74, 6) is -0.337. The van der Waals surface area contributed by atoms with Crippen molar-refractivity contribution in [1.29, 1.82) is 0 Å². The molecular formula is C15H14ClNO2. The summed E-state index contributed by atoms with van der Waals surface area (Å²) in [6.07, 6.45) is 0. The van der Waals surface area contributed by atoms with Gasteiger partial charge >= 0.3 is 5.97 Å². The van der Waals surface area contributed by atoms with Gasteiger partial charge in [-0.3, -0.25) is 0 Å². The van der Waals surface area contributed by atoms with Crippen molar-refractivity contribution in [2.75, 3.05) is 12.4 Å². The summed E-state index contributed by atoms with van der Waals surface area (Å²) in [7, 11) is 1.38. The van der Waals surface area contributed by atoms with Crippen LogP contribution in [0.5, 0.6) is 0 Å². The Morgan fingerprint density at radius 2 is 1.84 bits per heavy atom. The Morgan fingerprint density at radius 3 is 2.58 bits per heavy atom. The van der Waals surface area contributed by atoms with Crippen molar-refractivity contribution in [3.05, 3.63) is 64.7 Å². The SMILES string of the molecule is COC(=O)c1ccccc1CNc1ccccc1Cl. The van der Waals surface area contributed by atoms with Crippen LogP contribution in [-0.4, -0.2) is 13.1 Å². The average Bonchev–Trinajstić information content (AvgIpc) is 2.46. The second kappa shape index (κ2) is 6.25. The van der Waals surface area contributed by atoms with Crippen LogP contribution in [0.25, 0.3) is 0 Å². The van der Waals surface area contributed by atoms with Gasteiger partial charge in [0, 0.05) is 6.54 Å². The third-order valence-electron chi connectivity index (χ3n) is 2.77. The van der Waals surface area contributed by atoms with Gasteiger partial charge in [0.25, 0.3) is 0 Å². The number of rotatable bonds is 4.